The number of alkyl halides is 3. The molecule has 0 bridgehead atoms. The molecule has 202 valence electrons. The number of hydrogen-bond donors (Lipinski definition) is 0. The summed E-state index contributed by atoms with van der Waals surface area (Å²) in [5, 5.41) is 17.6. The first-order valence-electron chi connectivity index (χ1n) is 13.1. The minimum atomic E-state index is -4.64. The van der Waals surface area contributed by atoms with Crippen LogP contribution in [0.4, 0.5) is 13.2 Å². The summed E-state index contributed by atoms with van der Waals surface area (Å²) in [6.45, 7) is 1.38. The van der Waals surface area contributed by atoms with Crippen molar-refractivity contribution in [2.75, 3.05) is 13.1 Å². The summed E-state index contributed by atoms with van der Waals surface area (Å²) in [5.41, 5.74) is 0.224. The van der Waals surface area contributed by atoms with Gasteiger partial charge in [0.25, 0.3) is 0 Å². The van der Waals surface area contributed by atoms with Gasteiger partial charge in [-0.3, -0.25) is 13.9 Å². The van der Waals surface area contributed by atoms with Gasteiger partial charge in [0.15, 0.2) is 0 Å². The summed E-state index contributed by atoms with van der Waals surface area (Å²) >= 11 is 0. The molecule has 0 unspecified atom stereocenters. The molecule has 0 amide bonds. The molecule has 2 aliphatic rings. The fourth-order valence-electron chi connectivity index (χ4n) is 5.93. The predicted octanol–water partition coefficient (Wildman–Crippen LogP) is 4.51. The van der Waals surface area contributed by atoms with Crippen molar-refractivity contribution in [3.05, 3.63) is 82.1 Å². The number of nitriles is 1. The summed E-state index contributed by atoms with van der Waals surface area (Å²) in [7, 11) is 1.90. The highest BCUT2D eigenvalue weighted by Crippen LogP contribution is 2.43. The molecule has 1 aliphatic carbocycles. The molecule has 1 saturated carbocycles. The minimum Gasteiger partial charge on any atom is -0.320 e. The average Bonchev–Trinajstić information content (AvgIpc) is 3.60. The molecule has 39 heavy (non-hydrogen) atoms. The lowest BCUT2D eigenvalue weighted by Crippen LogP contribution is -2.24. The van der Waals surface area contributed by atoms with Crippen molar-refractivity contribution in [1.82, 2.24) is 28.6 Å². The molecule has 0 spiro atoms. The van der Waals surface area contributed by atoms with Gasteiger partial charge in [0.2, 0.25) is 0 Å². The summed E-state index contributed by atoms with van der Waals surface area (Å²) in [4.78, 5) is 15.5. The van der Waals surface area contributed by atoms with Gasteiger partial charge in [0.1, 0.15) is 12.2 Å². The van der Waals surface area contributed by atoms with Gasteiger partial charge in [-0.2, -0.15) is 18.4 Å². The van der Waals surface area contributed by atoms with Gasteiger partial charge >= 0.3 is 11.9 Å². The summed E-state index contributed by atoms with van der Waals surface area (Å²) in [5.74, 6) is 1.07. The summed E-state index contributed by atoms with van der Waals surface area (Å²) in [6, 6.07) is 10.8. The number of nitrogens with zero attached hydrogens (tertiary/aromatic N) is 7. The van der Waals surface area contributed by atoms with E-state index in [2.05, 4.69) is 16.3 Å². The van der Waals surface area contributed by atoms with E-state index < -0.39 is 17.4 Å². The number of halogens is 3. The van der Waals surface area contributed by atoms with E-state index in [0.29, 0.717) is 36.7 Å². The van der Waals surface area contributed by atoms with E-state index in [1.54, 1.807) is 12.4 Å². The van der Waals surface area contributed by atoms with Crippen molar-refractivity contribution >= 4 is 5.52 Å². The fourth-order valence-corrected chi connectivity index (χ4v) is 5.93. The third kappa shape index (κ3) is 4.63. The zero-order valence-corrected chi connectivity index (χ0v) is 21.5. The Hall–Kier alpha value is -3.91. The normalized spacial score (nSPS) is 19.3. The monoisotopic (exact) mass is 535 g/mol. The number of fused-ring (bicyclic) bond motifs is 1. The average molecular weight is 536 g/mol. The van der Waals surface area contributed by atoms with E-state index in [0.717, 1.165) is 41.1 Å². The minimum absolute atomic E-state index is 0.0195. The van der Waals surface area contributed by atoms with Crippen LogP contribution in [0.3, 0.4) is 0 Å². The number of likely N-dealkylation sites (tertiary alicyclic amines) is 1. The Bertz CT molecular complexity index is 1620. The highest BCUT2D eigenvalue weighted by Gasteiger charge is 2.36. The van der Waals surface area contributed by atoms with Crippen LogP contribution < -0.4 is 5.69 Å². The smallest absolute Gasteiger partial charge is 0.320 e. The molecular formula is C28H28F3N7O. The number of benzene rings is 1. The lowest BCUT2D eigenvalue weighted by molar-refractivity contribution is -0.136. The van der Waals surface area contributed by atoms with Gasteiger partial charge in [-0.25, -0.2) is 4.79 Å². The highest BCUT2D eigenvalue weighted by atomic mass is 19.4. The Morgan fingerprint density at radius 2 is 2.00 bits per heavy atom. The Balaban J connectivity index is 1.42. The van der Waals surface area contributed by atoms with Gasteiger partial charge in [0, 0.05) is 38.4 Å². The van der Waals surface area contributed by atoms with Crippen LogP contribution in [-0.4, -0.2) is 41.7 Å². The topological polar surface area (TPSA) is 84.2 Å². The van der Waals surface area contributed by atoms with E-state index in [4.69, 9.17) is 0 Å². The molecule has 0 radical (unpaired) electrons. The maximum Gasteiger partial charge on any atom is 0.418 e. The van der Waals surface area contributed by atoms with Crippen molar-refractivity contribution in [2.24, 2.45) is 18.9 Å². The van der Waals surface area contributed by atoms with Crippen LogP contribution in [0.15, 0.2) is 53.8 Å². The first-order chi connectivity index (χ1) is 18.7. The van der Waals surface area contributed by atoms with Crippen LogP contribution in [0.5, 0.6) is 0 Å². The largest absolute Gasteiger partial charge is 0.418 e. The highest BCUT2D eigenvalue weighted by molar-refractivity contribution is 5.58. The van der Waals surface area contributed by atoms with Crippen molar-refractivity contribution < 1.29 is 13.2 Å². The fraction of sp³-hybridized carbons (Fsp3) is 0.429. The lowest BCUT2D eigenvalue weighted by Gasteiger charge is -2.33. The SMILES string of the molecule is Cn1cnnc1[C@@H](c1cccc(-n2cc3c(C(F)(F)F)cc(CN4CC[C@H](C#N)C4)cn3c2=O)c1)C1CCC1. The number of hydrogen-bond acceptors (Lipinski definition) is 5. The molecule has 4 heterocycles. The number of imidazole rings is 1. The van der Waals surface area contributed by atoms with E-state index in [-0.39, 0.29) is 23.9 Å². The molecule has 4 aromatic rings. The molecule has 3 aromatic heterocycles. The van der Waals surface area contributed by atoms with Crippen LogP contribution in [0, 0.1) is 23.2 Å². The second kappa shape index (κ2) is 9.68. The molecule has 0 N–H and O–H groups in total. The van der Waals surface area contributed by atoms with Crippen LogP contribution >= 0.6 is 0 Å². The third-order valence-electron chi connectivity index (χ3n) is 8.14. The first-order valence-corrected chi connectivity index (χ1v) is 13.1. The standard InChI is InChI=1S/C28H28F3N7O/c1-35-17-33-34-26(35)25(20-4-2-5-20)21-6-3-7-22(11-21)37-16-24-23(28(29,30)31)10-19(15-38(24)27(37)39)14-36-9-8-18(12-32)13-36/h3,6-7,10-11,15-18,20,25H,2,4-5,8-9,13-14H2,1H3/t18-,25-/m1/s1. The maximum atomic E-state index is 14.2. The summed E-state index contributed by atoms with van der Waals surface area (Å²) < 4.78 is 46.8. The number of aromatic nitrogens is 5. The second-order valence-corrected chi connectivity index (χ2v) is 10.7. The van der Waals surface area contributed by atoms with Crippen LogP contribution in [0.2, 0.25) is 0 Å². The van der Waals surface area contributed by atoms with Gasteiger partial charge in [-0.05, 0) is 61.1 Å². The van der Waals surface area contributed by atoms with Crippen LogP contribution in [0.1, 0.15) is 54.1 Å². The zero-order valence-electron chi connectivity index (χ0n) is 21.5. The van der Waals surface area contributed by atoms with E-state index in [1.165, 1.54) is 17.0 Å². The molecule has 8 nitrogen and oxygen atoms in total. The van der Waals surface area contributed by atoms with E-state index in [9.17, 15) is 23.2 Å². The maximum absolute atomic E-state index is 14.2. The Labute approximate surface area is 222 Å². The quantitative estimate of drug-likeness (QED) is 0.363. The van der Waals surface area contributed by atoms with Gasteiger partial charge in [-0.15, -0.1) is 10.2 Å². The Kier molecular flexibility index (Phi) is 6.30. The van der Waals surface area contributed by atoms with E-state index >= 15 is 0 Å². The Morgan fingerprint density at radius 1 is 1.18 bits per heavy atom. The number of rotatable bonds is 6. The molecule has 2 fully saturated rings. The zero-order chi connectivity index (χ0) is 27.3. The third-order valence-corrected chi connectivity index (χ3v) is 8.14. The van der Waals surface area contributed by atoms with E-state index in [1.807, 2.05) is 34.7 Å². The molecule has 1 saturated heterocycles. The second-order valence-electron chi connectivity index (χ2n) is 10.7. The Morgan fingerprint density at radius 3 is 2.64 bits per heavy atom. The molecule has 6 rings (SSSR count). The molecule has 1 aliphatic heterocycles. The molecule has 2 atom stereocenters. The van der Waals surface area contributed by atoms with Crippen molar-refractivity contribution in [3.63, 3.8) is 0 Å². The molecule has 11 heteroatoms. The summed E-state index contributed by atoms with van der Waals surface area (Å²) in [6.07, 6.45) is 3.73. The molecular weight excluding hydrogens is 507 g/mol. The van der Waals surface area contributed by atoms with Crippen LogP contribution in [0.25, 0.3) is 11.2 Å². The van der Waals surface area contributed by atoms with Crippen LogP contribution in [-0.2, 0) is 19.8 Å². The van der Waals surface area contributed by atoms with Gasteiger partial charge < -0.3 is 4.57 Å². The van der Waals surface area contributed by atoms with Crippen molar-refractivity contribution in [3.8, 4) is 11.8 Å². The first kappa shape index (κ1) is 25.4. The molecule has 1 aromatic carbocycles. The van der Waals surface area contributed by atoms with Crippen molar-refractivity contribution in [1.29, 1.82) is 5.26 Å². The predicted molar refractivity (Wildman–Crippen MR) is 137 cm³/mol. The lowest BCUT2D eigenvalue weighted by atomic mass is 9.72. The van der Waals surface area contributed by atoms with Crippen molar-refractivity contribution in [2.45, 2.75) is 44.3 Å². The van der Waals surface area contributed by atoms with Gasteiger partial charge in [-0.1, -0.05) is 18.6 Å². The van der Waals surface area contributed by atoms with Gasteiger partial charge in [0.05, 0.1) is 28.8 Å². The number of aryl methyl sites for hydroxylation is 1. The number of pyridine rings is 1.